The van der Waals surface area contributed by atoms with Gasteiger partial charge in [-0.2, -0.15) is 0 Å². The fraction of sp³-hybridized carbons (Fsp3) is 0.692. The van der Waals surface area contributed by atoms with Crippen molar-refractivity contribution in [3.8, 4) is 0 Å². The van der Waals surface area contributed by atoms with Gasteiger partial charge in [0.25, 0.3) is 0 Å². The van der Waals surface area contributed by atoms with Crippen molar-refractivity contribution in [2.45, 2.75) is 18.9 Å². The molecule has 3 rings (SSSR count). The molecule has 0 bridgehead atoms. The average molecular weight is 248 g/mol. The number of aliphatic hydroxyl groups is 1. The summed E-state index contributed by atoms with van der Waals surface area (Å²) in [6.45, 7) is 4.43. The van der Waals surface area contributed by atoms with Crippen molar-refractivity contribution in [3.63, 3.8) is 0 Å². The lowest BCUT2D eigenvalue weighted by Crippen LogP contribution is -2.57. The molecule has 1 N–H and O–H groups in total. The molecule has 0 radical (unpaired) electrons. The molecule has 2 aliphatic rings. The predicted octanol–water partition coefficient (Wildman–Crippen LogP) is 0.369. The summed E-state index contributed by atoms with van der Waals surface area (Å²) in [5.41, 5.74) is 0. The normalized spacial score (nSPS) is 29.1. The maximum atomic E-state index is 9.25. The van der Waals surface area contributed by atoms with Gasteiger partial charge in [0.15, 0.2) is 0 Å². The van der Waals surface area contributed by atoms with Gasteiger partial charge in [-0.25, -0.2) is 9.97 Å². The van der Waals surface area contributed by atoms with Gasteiger partial charge in [-0.1, -0.05) is 0 Å². The van der Waals surface area contributed by atoms with E-state index in [1.54, 1.807) is 12.4 Å². The Hall–Kier alpha value is -1.20. The van der Waals surface area contributed by atoms with E-state index >= 15 is 0 Å². The molecule has 5 heteroatoms. The van der Waals surface area contributed by atoms with E-state index in [-0.39, 0.29) is 0 Å². The van der Waals surface area contributed by atoms with Crippen molar-refractivity contribution in [1.82, 2.24) is 14.9 Å². The Morgan fingerprint density at radius 2 is 2.00 bits per heavy atom. The van der Waals surface area contributed by atoms with Crippen molar-refractivity contribution in [2.75, 3.05) is 37.7 Å². The van der Waals surface area contributed by atoms with Crippen LogP contribution >= 0.6 is 0 Å². The highest BCUT2D eigenvalue weighted by molar-refractivity contribution is 5.30. The summed E-state index contributed by atoms with van der Waals surface area (Å²) in [5.74, 6) is 1.32. The third-order valence-corrected chi connectivity index (χ3v) is 4.10. The van der Waals surface area contributed by atoms with E-state index in [4.69, 9.17) is 0 Å². The van der Waals surface area contributed by atoms with Crippen LogP contribution in [0.15, 0.2) is 18.5 Å². The van der Waals surface area contributed by atoms with Crippen LogP contribution in [0.5, 0.6) is 0 Å². The number of fused-ring (bicyclic) bond motifs is 1. The van der Waals surface area contributed by atoms with Crippen LogP contribution in [0, 0.1) is 5.92 Å². The maximum absolute atomic E-state index is 9.25. The quantitative estimate of drug-likeness (QED) is 0.819. The van der Waals surface area contributed by atoms with Crippen LogP contribution in [0.25, 0.3) is 0 Å². The van der Waals surface area contributed by atoms with Gasteiger partial charge in [0.1, 0.15) is 0 Å². The van der Waals surface area contributed by atoms with Crippen molar-refractivity contribution >= 4 is 5.95 Å². The van der Waals surface area contributed by atoms with Crippen LogP contribution in [0.3, 0.4) is 0 Å². The molecule has 2 aliphatic heterocycles. The molecule has 3 heterocycles. The van der Waals surface area contributed by atoms with Crippen molar-refractivity contribution < 1.29 is 5.11 Å². The van der Waals surface area contributed by atoms with E-state index in [9.17, 15) is 5.11 Å². The number of nitrogens with zero attached hydrogens (tertiary/aromatic N) is 4. The van der Waals surface area contributed by atoms with E-state index < -0.39 is 0 Å². The molecular weight excluding hydrogens is 228 g/mol. The number of aromatic nitrogens is 2. The molecule has 2 fully saturated rings. The smallest absolute Gasteiger partial charge is 0.225 e. The fourth-order valence-electron chi connectivity index (χ4n) is 3.04. The molecule has 5 nitrogen and oxygen atoms in total. The minimum atomic E-state index is 0.328. The summed E-state index contributed by atoms with van der Waals surface area (Å²) in [6.07, 6.45) is 5.92. The molecule has 0 aliphatic carbocycles. The van der Waals surface area contributed by atoms with Crippen LogP contribution in [-0.2, 0) is 0 Å². The Bertz CT molecular complexity index is 386. The predicted molar refractivity (Wildman–Crippen MR) is 69.4 cm³/mol. The van der Waals surface area contributed by atoms with E-state index in [1.165, 1.54) is 6.42 Å². The molecule has 18 heavy (non-hydrogen) atoms. The van der Waals surface area contributed by atoms with E-state index in [0.29, 0.717) is 18.6 Å². The largest absolute Gasteiger partial charge is 0.396 e. The first-order valence-corrected chi connectivity index (χ1v) is 6.73. The Morgan fingerprint density at radius 1 is 1.17 bits per heavy atom. The van der Waals surface area contributed by atoms with Gasteiger partial charge < -0.3 is 10.0 Å². The molecule has 2 saturated heterocycles. The summed E-state index contributed by atoms with van der Waals surface area (Å²) in [4.78, 5) is 13.5. The summed E-state index contributed by atoms with van der Waals surface area (Å²) in [5, 5.41) is 9.25. The van der Waals surface area contributed by atoms with E-state index in [1.807, 2.05) is 6.07 Å². The zero-order chi connectivity index (χ0) is 12.4. The van der Waals surface area contributed by atoms with Gasteiger partial charge in [0.2, 0.25) is 5.95 Å². The molecule has 98 valence electrons. The minimum absolute atomic E-state index is 0.328. The van der Waals surface area contributed by atoms with Crippen molar-refractivity contribution in [3.05, 3.63) is 18.5 Å². The monoisotopic (exact) mass is 248 g/mol. The Balaban J connectivity index is 1.65. The lowest BCUT2D eigenvalue weighted by atomic mass is 9.92. The average Bonchev–Trinajstić information content (AvgIpc) is 2.47. The highest BCUT2D eigenvalue weighted by Crippen LogP contribution is 2.25. The molecule has 0 saturated carbocycles. The molecule has 0 spiro atoms. The Labute approximate surface area is 107 Å². The third kappa shape index (κ3) is 2.33. The zero-order valence-corrected chi connectivity index (χ0v) is 10.6. The maximum Gasteiger partial charge on any atom is 0.225 e. The summed E-state index contributed by atoms with van der Waals surface area (Å²) in [6, 6.07) is 2.46. The standard InChI is InChI=1S/C13H20N4O/c18-10-11-2-3-12-9-17(7-6-16(12)8-11)13-14-4-1-5-15-13/h1,4-5,11-12,18H,2-3,6-10H2/t11-,12+/m0/s1. The van der Waals surface area contributed by atoms with Crippen LogP contribution in [0.4, 0.5) is 5.95 Å². The summed E-state index contributed by atoms with van der Waals surface area (Å²) >= 11 is 0. The summed E-state index contributed by atoms with van der Waals surface area (Å²) < 4.78 is 0. The number of anilines is 1. The van der Waals surface area contributed by atoms with E-state index in [0.717, 1.165) is 38.5 Å². The number of hydrogen-bond acceptors (Lipinski definition) is 5. The second-order valence-electron chi connectivity index (χ2n) is 5.27. The Morgan fingerprint density at radius 3 is 2.78 bits per heavy atom. The number of hydrogen-bond donors (Lipinski definition) is 1. The second-order valence-corrected chi connectivity index (χ2v) is 5.27. The number of aliphatic hydroxyl groups excluding tert-OH is 1. The molecule has 2 atom stereocenters. The van der Waals surface area contributed by atoms with E-state index in [2.05, 4.69) is 19.8 Å². The number of piperidine rings is 1. The Kier molecular flexibility index (Phi) is 3.43. The molecule has 0 aromatic carbocycles. The SMILES string of the molecule is OC[C@H]1CC[C@@H]2CN(c3ncccn3)CCN2C1. The van der Waals surface area contributed by atoms with Crippen LogP contribution < -0.4 is 4.90 Å². The minimum Gasteiger partial charge on any atom is -0.396 e. The van der Waals surface area contributed by atoms with Gasteiger partial charge in [0.05, 0.1) is 0 Å². The van der Waals surface area contributed by atoms with Crippen LogP contribution in [0.2, 0.25) is 0 Å². The highest BCUT2D eigenvalue weighted by Gasteiger charge is 2.33. The van der Waals surface area contributed by atoms with Gasteiger partial charge in [0, 0.05) is 51.2 Å². The van der Waals surface area contributed by atoms with Crippen LogP contribution in [0.1, 0.15) is 12.8 Å². The van der Waals surface area contributed by atoms with Crippen LogP contribution in [-0.4, -0.2) is 58.8 Å². The van der Waals surface area contributed by atoms with Crippen molar-refractivity contribution in [1.29, 1.82) is 0 Å². The number of piperazine rings is 1. The van der Waals surface area contributed by atoms with Crippen molar-refractivity contribution in [2.24, 2.45) is 5.92 Å². The lowest BCUT2D eigenvalue weighted by molar-refractivity contribution is 0.0670. The molecule has 1 aromatic heterocycles. The molecule has 1 aromatic rings. The van der Waals surface area contributed by atoms with Gasteiger partial charge in [-0.3, -0.25) is 4.90 Å². The van der Waals surface area contributed by atoms with Gasteiger partial charge in [-0.05, 0) is 24.8 Å². The first kappa shape index (κ1) is 11.9. The number of rotatable bonds is 2. The third-order valence-electron chi connectivity index (χ3n) is 4.10. The highest BCUT2D eigenvalue weighted by atomic mass is 16.3. The van der Waals surface area contributed by atoms with Gasteiger partial charge in [-0.15, -0.1) is 0 Å². The van der Waals surface area contributed by atoms with Gasteiger partial charge >= 0.3 is 0 Å². The first-order valence-electron chi connectivity index (χ1n) is 6.73. The second kappa shape index (κ2) is 5.20. The summed E-state index contributed by atoms with van der Waals surface area (Å²) in [7, 11) is 0. The lowest BCUT2D eigenvalue weighted by Gasteiger charge is -2.46. The zero-order valence-electron chi connectivity index (χ0n) is 10.6. The topological polar surface area (TPSA) is 52.5 Å². The first-order chi connectivity index (χ1) is 8.86. The fourth-order valence-corrected chi connectivity index (χ4v) is 3.04. The molecule has 0 unspecified atom stereocenters. The molecular formula is C13H20N4O. The molecule has 0 amide bonds.